The van der Waals surface area contributed by atoms with Crippen molar-refractivity contribution in [2.75, 3.05) is 11.5 Å². The molecule has 0 aliphatic rings. The first-order valence-electron chi connectivity index (χ1n) is 9.27. The Labute approximate surface area is 191 Å². The summed E-state index contributed by atoms with van der Waals surface area (Å²) in [6.07, 6.45) is -26.0. The molecule has 6 N–H and O–H groups in total. The van der Waals surface area contributed by atoms with Gasteiger partial charge in [0.2, 0.25) is 0 Å². The lowest BCUT2D eigenvalue weighted by molar-refractivity contribution is -0.376. The van der Waals surface area contributed by atoms with Crippen molar-refractivity contribution in [3.8, 4) is 0 Å². The fourth-order valence-corrected chi connectivity index (χ4v) is 3.89. The van der Waals surface area contributed by atoms with Crippen LogP contribution in [0, 0.1) is 0 Å². The molecule has 3 rings (SSSR count). The Hall–Kier alpha value is -3.14. The number of hydrogen-bond donors (Lipinski definition) is 4. The predicted octanol–water partition coefficient (Wildman–Crippen LogP) is 5.78. The molecule has 0 bridgehead atoms. The summed E-state index contributed by atoms with van der Waals surface area (Å²) < 4.78 is 162. The number of rotatable bonds is 2. The monoisotopic (exact) mass is 540 g/mol. The smallest absolute Gasteiger partial charge is 0.398 e. The fourth-order valence-electron chi connectivity index (χ4n) is 3.89. The molecule has 36 heavy (non-hydrogen) atoms. The lowest BCUT2D eigenvalue weighted by Crippen LogP contribution is -2.54. The predicted molar refractivity (Wildman–Crippen MR) is 102 cm³/mol. The Balaban J connectivity index is 2.65. The van der Waals surface area contributed by atoms with Gasteiger partial charge in [-0.05, 0) is 28.3 Å². The SMILES string of the molecule is Nc1cc2c(cc1C(O)(C(F)(F)F)C(F)(F)F)c(N)c(C(O)(C(F)(F)F)C(F)(F)F)c1ccccc12. The third-order valence-corrected chi connectivity index (χ3v) is 5.63. The van der Waals surface area contributed by atoms with Gasteiger partial charge < -0.3 is 21.7 Å². The third-order valence-electron chi connectivity index (χ3n) is 5.63. The van der Waals surface area contributed by atoms with E-state index in [9.17, 15) is 62.9 Å². The minimum Gasteiger partial charge on any atom is -0.398 e. The molecule has 0 aliphatic heterocycles. The first-order chi connectivity index (χ1) is 16.0. The molecule has 198 valence electrons. The molecular formula is C20H12F12N2O2. The zero-order valence-corrected chi connectivity index (χ0v) is 17.0. The van der Waals surface area contributed by atoms with Crippen LogP contribution in [0.5, 0.6) is 0 Å². The molecule has 16 heteroatoms. The molecule has 0 unspecified atom stereocenters. The molecule has 3 aromatic rings. The van der Waals surface area contributed by atoms with E-state index in [1.165, 1.54) is 0 Å². The van der Waals surface area contributed by atoms with Gasteiger partial charge >= 0.3 is 24.7 Å². The molecule has 0 aromatic heterocycles. The number of anilines is 2. The second-order valence-corrected chi connectivity index (χ2v) is 7.73. The van der Waals surface area contributed by atoms with Crippen molar-refractivity contribution in [3.05, 3.63) is 47.5 Å². The van der Waals surface area contributed by atoms with Crippen molar-refractivity contribution in [1.29, 1.82) is 0 Å². The summed E-state index contributed by atoms with van der Waals surface area (Å²) in [5.41, 5.74) is -7.73. The molecular weight excluding hydrogens is 528 g/mol. The molecule has 3 aromatic carbocycles. The topological polar surface area (TPSA) is 92.5 Å². The van der Waals surface area contributed by atoms with Gasteiger partial charge in [-0.2, -0.15) is 52.7 Å². The van der Waals surface area contributed by atoms with Crippen LogP contribution in [-0.4, -0.2) is 34.9 Å². The van der Waals surface area contributed by atoms with Gasteiger partial charge in [0.1, 0.15) is 0 Å². The minimum atomic E-state index is -6.49. The van der Waals surface area contributed by atoms with Gasteiger partial charge in [-0.25, -0.2) is 0 Å². The zero-order valence-electron chi connectivity index (χ0n) is 17.0. The minimum absolute atomic E-state index is 0.204. The highest BCUT2D eigenvalue weighted by Gasteiger charge is 2.73. The van der Waals surface area contributed by atoms with E-state index in [0.29, 0.717) is 12.1 Å². The van der Waals surface area contributed by atoms with E-state index in [1.54, 1.807) is 0 Å². The molecule has 0 heterocycles. The van der Waals surface area contributed by atoms with Crippen molar-refractivity contribution >= 4 is 32.9 Å². The highest BCUT2D eigenvalue weighted by atomic mass is 19.4. The van der Waals surface area contributed by atoms with Gasteiger partial charge in [0, 0.05) is 27.9 Å². The van der Waals surface area contributed by atoms with Gasteiger partial charge in [0.25, 0.3) is 11.2 Å². The van der Waals surface area contributed by atoms with Gasteiger partial charge in [0.05, 0.1) is 0 Å². The number of benzene rings is 3. The van der Waals surface area contributed by atoms with Crippen LogP contribution >= 0.6 is 0 Å². The number of fused-ring (bicyclic) bond motifs is 3. The summed E-state index contributed by atoms with van der Waals surface area (Å²) in [5.74, 6) is 0. The number of aliphatic hydroxyl groups is 2. The zero-order chi connectivity index (χ0) is 27.9. The maximum atomic E-state index is 13.7. The molecule has 0 saturated heterocycles. The summed E-state index contributed by atoms with van der Waals surface area (Å²) in [6, 6.07) is 3.77. The highest BCUT2D eigenvalue weighted by Crippen LogP contribution is 2.56. The van der Waals surface area contributed by atoms with Crippen LogP contribution in [0.1, 0.15) is 11.1 Å². The van der Waals surface area contributed by atoms with Crippen molar-refractivity contribution in [3.63, 3.8) is 0 Å². The quantitative estimate of drug-likeness (QED) is 0.188. The second kappa shape index (κ2) is 7.68. The van der Waals surface area contributed by atoms with Crippen LogP contribution in [-0.2, 0) is 11.2 Å². The van der Waals surface area contributed by atoms with Gasteiger partial charge in [-0.1, -0.05) is 24.3 Å². The van der Waals surface area contributed by atoms with E-state index < -0.39 is 80.0 Å². The van der Waals surface area contributed by atoms with Gasteiger partial charge in [-0.15, -0.1) is 0 Å². The van der Waals surface area contributed by atoms with Crippen LogP contribution in [0.3, 0.4) is 0 Å². The molecule has 0 fully saturated rings. The summed E-state index contributed by atoms with van der Waals surface area (Å²) in [6.45, 7) is 0. The normalized spacial score (nSPS) is 14.6. The van der Waals surface area contributed by atoms with Crippen LogP contribution in [0.15, 0.2) is 36.4 Å². The Kier molecular flexibility index (Phi) is 5.85. The van der Waals surface area contributed by atoms with Crippen LogP contribution in [0.25, 0.3) is 21.5 Å². The van der Waals surface area contributed by atoms with E-state index in [-0.39, 0.29) is 6.07 Å². The first kappa shape index (κ1) is 27.4. The van der Waals surface area contributed by atoms with E-state index in [2.05, 4.69) is 0 Å². The number of hydrogen-bond acceptors (Lipinski definition) is 4. The van der Waals surface area contributed by atoms with E-state index >= 15 is 0 Å². The molecule has 4 nitrogen and oxygen atoms in total. The van der Waals surface area contributed by atoms with Crippen molar-refractivity contribution in [1.82, 2.24) is 0 Å². The standard InChI is InChI=1S/C20H12F12N2O2/c21-17(22,23)15(35,18(24,25)26)11-5-10-9(6-12(11)33)7-3-1-2-4-8(7)13(14(10)34)16(36,19(27,28)29)20(30,31)32/h1-6,35-36H,33-34H2. The third kappa shape index (κ3) is 3.56. The summed E-state index contributed by atoms with van der Waals surface area (Å²) in [5, 5.41) is 16.4. The van der Waals surface area contributed by atoms with Crippen molar-refractivity contribution in [2.24, 2.45) is 0 Å². The van der Waals surface area contributed by atoms with Gasteiger partial charge in [-0.3, -0.25) is 0 Å². The van der Waals surface area contributed by atoms with E-state index in [0.717, 1.165) is 18.2 Å². The average Bonchev–Trinajstić information content (AvgIpc) is 2.69. The highest BCUT2D eigenvalue weighted by molar-refractivity contribution is 6.16. The number of halogens is 12. The van der Waals surface area contributed by atoms with Crippen LogP contribution in [0.2, 0.25) is 0 Å². The lowest BCUT2D eigenvalue weighted by atomic mass is 9.82. The summed E-state index contributed by atoms with van der Waals surface area (Å²) in [7, 11) is 0. The lowest BCUT2D eigenvalue weighted by Gasteiger charge is -2.36. The second-order valence-electron chi connectivity index (χ2n) is 7.73. The largest absolute Gasteiger partial charge is 0.430 e. The molecule has 0 aliphatic carbocycles. The Morgan fingerprint density at radius 2 is 0.944 bits per heavy atom. The first-order valence-corrected chi connectivity index (χ1v) is 9.27. The summed E-state index contributed by atoms with van der Waals surface area (Å²) >= 11 is 0. The molecule has 0 saturated carbocycles. The Bertz CT molecular complexity index is 1310. The van der Waals surface area contributed by atoms with Crippen LogP contribution < -0.4 is 11.5 Å². The average molecular weight is 540 g/mol. The van der Waals surface area contributed by atoms with Crippen molar-refractivity contribution < 1.29 is 62.9 Å². The van der Waals surface area contributed by atoms with Gasteiger partial charge in [0.15, 0.2) is 0 Å². The number of alkyl halides is 12. The Morgan fingerprint density at radius 1 is 0.528 bits per heavy atom. The molecule has 0 atom stereocenters. The molecule has 0 amide bonds. The van der Waals surface area contributed by atoms with E-state index in [1.807, 2.05) is 0 Å². The number of nitrogen functional groups attached to an aromatic ring is 2. The maximum absolute atomic E-state index is 13.7. The van der Waals surface area contributed by atoms with E-state index in [4.69, 9.17) is 11.5 Å². The van der Waals surface area contributed by atoms with Crippen molar-refractivity contribution in [2.45, 2.75) is 35.9 Å². The van der Waals surface area contributed by atoms with Crippen LogP contribution in [0.4, 0.5) is 64.1 Å². The molecule has 0 spiro atoms. The fraction of sp³-hybridized carbons (Fsp3) is 0.300. The summed E-state index contributed by atoms with van der Waals surface area (Å²) in [4.78, 5) is 0. The Morgan fingerprint density at radius 3 is 1.36 bits per heavy atom. The maximum Gasteiger partial charge on any atom is 0.430 e. The number of nitrogens with two attached hydrogens (primary N) is 2. The molecule has 0 radical (unpaired) electrons.